The average molecular weight is 479 g/mol. The van der Waals surface area contributed by atoms with Crippen molar-refractivity contribution in [2.24, 2.45) is 0 Å². The Bertz CT molecular complexity index is 1350. The molecule has 0 bridgehead atoms. The molecule has 1 unspecified atom stereocenters. The number of hydrogen-bond acceptors (Lipinski definition) is 5. The van der Waals surface area contributed by atoms with Crippen LogP contribution in [0.3, 0.4) is 0 Å². The first-order chi connectivity index (χ1) is 15.8. The van der Waals surface area contributed by atoms with Crippen molar-refractivity contribution in [2.75, 3.05) is 11.9 Å². The van der Waals surface area contributed by atoms with Gasteiger partial charge in [0.05, 0.1) is 26.7 Å². The molecule has 1 aliphatic rings. The summed E-state index contributed by atoms with van der Waals surface area (Å²) in [6.45, 7) is 5.48. The maximum atomic E-state index is 13.9. The molecule has 1 atom stereocenters. The number of fused-ring (bicyclic) bond motifs is 1. The van der Waals surface area contributed by atoms with Crippen molar-refractivity contribution in [2.45, 2.75) is 31.8 Å². The molecule has 33 heavy (non-hydrogen) atoms. The number of carbonyl (C=O) groups is 1. The summed E-state index contributed by atoms with van der Waals surface area (Å²) in [5.74, 6) is -0.226. The molecule has 5 nitrogen and oxygen atoms in total. The van der Waals surface area contributed by atoms with Gasteiger partial charge in [0.2, 0.25) is 9.84 Å². The molecule has 1 aliphatic heterocycles. The third-order valence-electron chi connectivity index (χ3n) is 5.75. The van der Waals surface area contributed by atoms with Gasteiger partial charge in [-0.05, 0) is 57.2 Å². The average Bonchev–Trinajstić information content (AvgIpc) is 3.26. The number of sulfone groups is 1. The molecule has 3 aromatic rings. The lowest BCUT2D eigenvalue weighted by molar-refractivity contribution is 0.0734. The van der Waals surface area contributed by atoms with E-state index in [4.69, 9.17) is 0 Å². The summed E-state index contributed by atoms with van der Waals surface area (Å²) >= 11 is 1.60. The molecule has 0 fully saturated rings. The van der Waals surface area contributed by atoms with Crippen LogP contribution in [0.1, 0.15) is 40.1 Å². The van der Waals surface area contributed by atoms with Gasteiger partial charge < -0.3 is 4.90 Å². The fourth-order valence-corrected chi connectivity index (χ4v) is 6.81. The Morgan fingerprint density at radius 1 is 0.939 bits per heavy atom. The van der Waals surface area contributed by atoms with Crippen molar-refractivity contribution in [3.05, 3.63) is 105 Å². The van der Waals surface area contributed by atoms with E-state index in [1.54, 1.807) is 78.6 Å². The minimum atomic E-state index is -3.85. The Morgan fingerprint density at radius 2 is 1.61 bits per heavy atom. The number of anilines is 1. The summed E-state index contributed by atoms with van der Waals surface area (Å²) in [5, 5.41) is 0. The van der Waals surface area contributed by atoms with Crippen molar-refractivity contribution in [3.63, 3.8) is 0 Å². The second kappa shape index (κ2) is 9.00. The van der Waals surface area contributed by atoms with Crippen LogP contribution in [-0.4, -0.2) is 26.3 Å². The predicted molar refractivity (Wildman–Crippen MR) is 134 cm³/mol. The normalized spacial score (nSPS) is 17.3. The van der Waals surface area contributed by atoms with E-state index in [9.17, 15) is 13.2 Å². The Labute approximate surface area is 199 Å². The van der Waals surface area contributed by atoms with E-state index < -0.39 is 16.0 Å². The molecule has 0 radical (unpaired) electrons. The number of aryl methyl sites for hydroxylation is 1. The lowest BCUT2D eigenvalue weighted by Crippen LogP contribution is -2.47. The Balaban J connectivity index is 1.92. The van der Waals surface area contributed by atoms with Crippen LogP contribution in [0.4, 0.5) is 5.69 Å². The zero-order chi connectivity index (χ0) is 23.8. The minimum absolute atomic E-state index is 0.107. The number of hydrogen-bond donors (Lipinski definition) is 0. The van der Waals surface area contributed by atoms with Crippen molar-refractivity contribution in [1.82, 2.24) is 4.90 Å². The molecule has 2 aromatic carbocycles. The first kappa shape index (κ1) is 23.0. The predicted octanol–water partition coefficient (Wildman–Crippen LogP) is 5.93. The molecule has 0 N–H and O–H groups in total. The molecule has 2 heterocycles. The number of carbonyl (C=O) groups excluding carboxylic acids is 1. The van der Waals surface area contributed by atoms with Crippen molar-refractivity contribution < 1.29 is 13.2 Å². The second-order valence-electron chi connectivity index (χ2n) is 7.77. The third-order valence-corrected chi connectivity index (χ3v) is 8.71. The lowest BCUT2D eigenvalue weighted by Gasteiger charge is -2.44. The summed E-state index contributed by atoms with van der Waals surface area (Å²) in [7, 11) is -1.91. The molecule has 1 aromatic heterocycles. The molecule has 0 saturated heterocycles. The maximum Gasteiger partial charge on any atom is 0.262 e. The highest BCUT2D eigenvalue weighted by Gasteiger charge is 2.41. The summed E-state index contributed by atoms with van der Waals surface area (Å²) in [6, 6.07) is 19.8. The molecule has 0 saturated carbocycles. The van der Waals surface area contributed by atoms with Gasteiger partial charge in [-0.2, -0.15) is 0 Å². The molecule has 4 rings (SSSR count). The number of nitrogens with zero attached hydrogens (tertiary/aromatic N) is 2. The number of thiophene rings is 1. The van der Waals surface area contributed by atoms with Crippen LogP contribution in [-0.2, 0) is 9.84 Å². The highest BCUT2D eigenvalue weighted by molar-refractivity contribution is 7.95. The molecule has 170 valence electrons. The Kier molecular flexibility index (Phi) is 6.28. The molecular weight excluding hydrogens is 452 g/mol. The number of rotatable bonds is 5. The van der Waals surface area contributed by atoms with Gasteiger partial charge in [-0.15, -0.1) is 11.3 Å². The monoisotopic (exact) mass is 478 g/mol. The molecular formula is C26H26N2O3S2. The van der Waals surface area contributed by atoms with Gasteiger partial charge in [0.25, 0.3) is 5.91 Å². The van der Waals surface area contributed by atoms with Crippen LogP contribution < -0.4 is 4.90 Å². The molecule has 0 aliphatic carbocycles. The lowest BCUT2D eigenvalue weighted by atomic mass is 10.0. The van der Waals surface area contributed by atoms with Gasteiger partial charge in [0.1, 0.15) is 6.17 Å². The van der Waals surface area contributed by atoms with Crippen molar-refractivity contribution >= 4 is 32.8 Å². The number of benzene rings is 2. The molecule has 1 amide bonds. The molecule has 7 heteroatoms. The van der Waals surface area contributed by atoms with Crippen LogP contribution >= 0.6 is 11.3 Å². The number of para-hydroxylation sites is 1. The summed E-state index contributed by atoms with van der Waals surface area (Å²) < 4.78 is 27.3. The van der Waals surface area contributed by atoms with E-state index >= 15 is 0 Å². The zero-order valence-corrected chi connectivity index (χ0v) is 20.7. The smallest absolute Gasteiger partial charge is 0.262 e. The van der Waals surface area contributed by atoms with Crippen molar-refractivity contribution in [3.8, 4) is 0 Å². The highest BCUT2D eigenvalue weighted by atomic mass is 32.2. The van der Waals surface area contributed by atoms with Gasteiger partial charge in [-0.25, -0.2) is 8.42 Å². The fourth-order valence-electron chi connectivity index (χ4n) is 4.23. The van der Waals surface area contributed by atoms with Gasteiger partial charge in [0, 0.05) is 16.8 Å². The summed E-state index contributed by atoms with van der Waals surface area (Å²) in [4.78, 5) is 19.9. The Morgan fingerprint density at radius 3 is 2.21 bits per heavy atom. The topological polar surface area (TPSA) is 57.7 Å². The van der Waals surface area contributed by atoms with Crippen LogP contribution in [0, 0.1) is 6.92 Å². The van der Waals surface area contributed by atoms with Gasteiger partial charge >= 0.3 is 0 Å². The van der Waals surface area contributed by atoms with E-state index in [1.807, 2.05) is 49.2 Å². The molecule has 0 spiro atoms. The zero-order valence-electron chi connectivity index (χ0n) is 19.0. The first-order valence-electron chi connectivity index (χ1n) is 10.7. The van der Waals surface area contributed by atoms with Crippen molar-refractivity contribution in [1.29, 1.82) is 0 Å². The summed E-state index contributed by atoms with van der Waals surface area (Å²) in [5.41, 5.74) is 1.72. The second-order valence-corrected chi connectivity index (χ2v) is 11.0. The van der Waals surface area contributed by atoms with Gasteiger partial charge in [-0.3, -0.25) is 9.69 Å². The largest absolute Gasteiger partial charge is 0.349 e. The SMILES string of the molecule is CC=C(C(=CC)S(=O)(=O)c1ccccc1)N1C(=O)c2ccccc2N(C)C1c1ccc(C)s1. The van der Waals surface area contributed by atoms with E-state index in [0.717, 1.165) is 15.4 Å². The highest BCUT2D eigenvalue weighted by Crippen LogP contribution is 2.44. The van der Waals surface area contributed by atoms with Gasteiger partial charge in [-0.1, -0.05) is 42.5 Å². The van der Waals surface area contributed by atoms with Gasteiger partial charge in [0.15, 0.2) is 0 Å². The van der Waals surface area contributed by atoms with Crippen LogP contribution in [0.25, 0.3) is 0 Å². The summed E-state index contributed by atoms with van der Waals surface area (Å²) in [6.07, 6.45) is 2.81. The van der Waals surface area contributed by atoms with E-state index in [0.29, 0.717) is 11.3 Å². The number of allylic oxidation sites excluding steroid dienone is 2. The van der Waals surface area contributed by atoms with Crippen LogP contribution in [0.5, 0.6) is 0 Å². The first-order valence-corrected chi connectivity index (χ1v) is 13.0. The standard InChI is InChI=1S/C26H26N2O3S2/c1-5-21(24(6-2)33(30,31)19-12-8-7-9-13-19)28-25(23-17-16-18(3)32-23)27(4)22-15-11-10-14-20(22)26(28)29/h5-17,25H,1-4H3. The van der Waals surface area contributed by atoms with E-state index in [2.05, 4.69) is 0 Å². The van der Waals surface area contributed by atoms with Crippen LogP contribution in [0.2, 0.25) is 0 Å². The Hall–Kier alpha value is -3.16. The third kappa shape index (κ3) is 3.92. The van der Waals surface area contributed by atoms with Crippen LogP contribution in [0.15, 0.2) is 94.4 Å². The maximum absolute atomic E-state index is 13.9. The van der Waals surface area contributed by atoms with E-state index in [1.165, 1.54) is 0 Å². The van der Waals surface area contributed by atoms with E-state index in [-0.39, 0.29) is 15.7 Å². The quantitative estimate of drug-likeness (QED) is 0.427. The number of amides is 1. The fraction of sp³-hybridized carbons (Fsp3) is 0.192. The minimum Gasteiger partial charge on any atom is -0.349 e.